The van der Waals surface area contributed by atoms with Gasteiger partial charge in [-0.05, 0) is 45.1 Å². The molecule has 3 heteroatoms. The Morgan fingerprint density at radius 2 is 1.95 bits per heavy atom. The minimum Gasteiger partial charge on any atom is -0.375 e. The summed E-state index contributed by atoms with van der Waals surface area (Å²) in [6.45, 7) is 6.86. The summed E-state index contributed by atoms with van der Waals surface area (Å²) < 4.78 is 6.18. The van der Waals surface area contributed by atoms with E-state index >= 15 is 0 Å². The van der Waals surface area contributed by atoms with E-state index in [0.717, 1.165) is 19.2 Å². The maximum Gasteiger partial charge on any atom is 0.0697 e. The zero-order valence-corrected chi connectivity index (χ0v) is 13.2. The fraction of sp³-hybridized carbons (Fsp3) is 1.00. The van der Waals surface area contributed by atoms with Gasteiger partial charge in [-0.15, -0.1) is 0 Å². The number of likely N-dealkylation sites (N-methyl/N-ethyl adjacent to an activating group) is 1. The highest BCUT2D eigenvalue weighted by atomic mass is 16.5. The van der Waals surface area contributed by atoms with Crippen molar-refractivity contribution in [3.05, 3.63) is 0 Å². The number of nitrogens with one attached hydrogen (secondary N) is 1. The molecule has 1 spiro atoms. The Morgan fingerprint density at radius 1 is 1.15 bits per heavy atom. The van der Waals surface area contributed by atoms with Crippen LogP contribution in [-0.2, 0) is 4.74 Å². The van der Waals surface area contributed by atoms with E-state index in [4.69, 9.17) is 4.74 Å². The minimum atomic E-state index is 0.245. The average Bonchev–Trinajstić information content (AvgIpc) is 3.29. The van der Waals surface area contributed by atoms with Crippen LogP contribution in [0.2, 0.25) is 0 Å². The van der Waals surface area contributed by atoms with Crippen molar-refractivity contribution >= 4 is 0 Å². The molecule has 1 unspecified atom stereocenters. The van der Waals surface area contributed by atoms with Crippen molar-refractivity contribution < 1.29 is 4.74 Å². The third-order valence-corrected chi connectivity index (χ3v) is 5.56. The molecule has 1 saturated heterocycles. The largest absolute Gasteiger partial charge is 0.375 e. The van der Waals surface area contributed by atoms with Gasteiger partial charge in [-0.3, -0.25) is 4.90 Å². The maximum atomic E-state index is 6.18. The molecule has 1 heterocycles. The number of hydrogen-bond donors (Lipinski definition) is 1. The van der Waals surface area contributed by atoms with Crippen LogP contribution in [0.25, 0.3) is 0 Å². The zero-order valence-electron chi connectivity index (χ0n) is 13.2. The Kier molecular flexibility index (Phi) is 5.00. The lowest BCUT2D eigenvalue weighted by Gasteiger charge is -2.44. The molecule has 0 amide bonds. The van der Waals surface area contributed by atoms with Crippen molar-refractivity contribution in [3.63, 3.8) is 0 Å². The third-order valence-electron chi connectivity index (χ3n) is 5.56. The molecular formula is C17H32N2O. The lowest BCUT2D eigenvalue weighted by Crippen LogP contribution is -2.49. The molecule has 0 aromatic rings. The van der Waals surface area contributed by atoms with Gasteiger partial charge in [0, 0.05) is 31.8 Å². The van der Waals surface area contributed by atoms with Crippen molar-refractivity contribution in [2.45, 2.75) is 82.4 Å². The first-order chi connectivity index (χ1) is 9.81. The fourth-order valence-electron chi connectivity index (χ4n) is 4.20. The highest BCUT2D eigenvalue weighted by Gasteiger charge is 2.38. The third kappa shape index (κ3) is 3.75. The fourth-order valence-corrected chi connectivity index (χ4v) is 4.20. The van der Waals surface area contributed by atoms with E-state index in [1.54, 1.807) is 0 Å². The molecule has 3 rings (SSSR count). The summed E-state index contributed by atoms with van der Waals surface area (Å²) in [6.07, 6.45) is 12.1. The molecule has 20 heavy (non-hydrogen) atoms. The highest BCUT2D eigenvalue weighted by molar-refractivity contribution is 4.92. The van der Waals surface area contributed by atoms with E-state index in [1.165, 1.54) is 70.9 Å². The molecule has 1 N–H and O–H groups in total. The predicted molar refractivity (Wildman–Crippen MR) is 83.1 cm³/mol. The summed E-state index contributed by atoms with van der Waals surface area (Å²) in [6, 6.07) is 1.60. The molecule has 2 saturated carbocycles. The van der Waals surface area contributed by atoms with Crippen molar-refractivity contribution in [2.24, 2.45) is 0 Å². The second kappa shape index (κ2) is 6.76. The molecule has 3 aliphatic rings. The number of rotatable bonds is 6. The summed E-state index contributed by atoms with van der Waals surface area (Å²) in [4.78, 5) is 2.64. The molecule has 0 aromatic heterocycles. The van der Waals surface area contributed by atoms with E-state index in [0.29, 0.717) is 6.04 Å². The summed E-state index contributed by atoms with van der Waals surface area (Å²) >= 11 is 0. The summed E-state index contributed by atoms with van der Waals surface area (Å²) in [7, 11) is 0. The monoisotopic (exact) mass is 280 g/mol. The molecular weight excluding hydrogens is 248 g/mol. The molecule has 2 aliphatic carbocycles. The number of ether oxygens (including phenoxy) is 1. The van der Waals surface area contributed by atoms with Crippen LogP contribution >= 0.6 is 0 Å². The van der Waals surface area contributed by atoms with Crippen molar-refractivity contribution in [3.8, 4) is 0 Å². The van der Waals surface area contributed by atoms with Crippen LogP contribution in [0.5, 0.6) is 0 Å². The van der Waals surface area contributed by atoms with Gasteiger partial charge >= 0.3 is 0 Å². The quantitative estimate of drug-likeness (QED) is 0.809. The summed E-state index contributed by atoms with van der Waals surface area (Å²) in [5.41, 5.74) is 0.245. The standard InChI is InChI=1S/C17H32N2O/c1-2-19(16-6-7-16)12-11-18-15-8-13-20-17(14-15)9-4-3-5-10-17/h15-16,18H,2-14H2,1H3. The second-order valence-electron chi connectivity index (χ2n) is 7.10. The molecule has 1 atom stereocenters. The Balaban J connectivity index is 1.40. The van der Waals surface area contributed by atoms with E-state index < -0.39 is 0 Å². The SMILES string of the molecule is CCN(CCNC1CCOC2(CCCCC2)C1)C1CC1. The van der Waals surface area contributed by atoms with Gasteiger partial charge in [0.15, 0.2) is 0 Å². The molecule has 3 nitrogen and oxygen atoms in total. The van der Waals surface area contributed by atoms with Crippen LogP contribution in [0.1, 0.15) is 64.7 Å². The van der Waals surface area contributed by atoms with Crippen LogP contribution in [0, 0.1) is 0 Å². The average molecular weight is 280 g/mol. The van der Waals surface area contributed by atoms with Crippen LogP contribution < -0.4 is 5.32 Å². The van der Waals surface area contributed by atoms with Gasteiger partial charge in [-0.25, -0.2) is 0 Å². The molecule has 116 valence electrons. The van der Waals surface area contributed by atoms with Gasteiger partial charge in [0.25, 0.3) is 0 Å². The lowest BCUT2D eigenvalue weighted by molar-refractivity contribution is -0.109. The number of hydrogen-bond acceptors (Lipinski definition) is 3. The number of nitrogens with zero attached hydrogens (tertiary/aromatic N) is 1. The molecule has 0 aromatic carbocycles. The van der Waals surface area contributed by atoms with E-state index in [2.05, 4.69) is 17.1 Å². The van der Waals surface area contributed by atoms with Crippen molar-refractivity contribution in [2.75, 3.05) is 26.2 Å². The Morgan fingerprint density at radius 3 is 2.65 bits per heavy atom. The second-order valence-corrected chi connectivity index (χ2v) is 7.10. The van der Waals surface area contributed by atoms with E-state index in [1.807, 2.05) is 0 Å². The normalized spacial score (nSPS) is 30.0. The molecule has 0 bridgehead atoms. The predicted octanol–water partition coefficient (Wildman–Crippen LogP) is 2.94. The van der Waals surface area contributed by atoms with Gasteiger partial charge in [-0.1, -0.05) is 26.2 Å². The van der Waals surface area contributed by atoms with Gasteiger partial charge in [0.1, 0.15) is 0 Å². The minimum absolute atomic E-state index is 0.245. The Labute approximate surface area is 124 Å². The lowest BCUT2D eigenvalue weighted by atomic mass is 9.78. The smallest absolute Gasteiger partial charge is 0.0697 e. The van der Waals surface area contributed by atoms with E-state index in [9.17, 15) is 0 Å². The van der Waals surface area contributed by atoms with Crippen molar-refractivity contribution in [1.82, 2.24) is 10.2 Å². The van der Waals surface area contributed by atoms with Gasteiger partial charge in [0.2, 0.25) is 0 Å². The Hall–Kier alpha value is -0.120. The molecule has 1 aliphatic heterocycles. The summed E-state index contributed by atoms with van der Waals surface area (Å²) in [5.74, 6) is 0. The first-order valence-electron chi connectivity index (χ1n) is 8.93. The van der Waals surface area contributed by atoms with Gasteiger partial charge < -0.3 is 10.1 Å². The first-order valence-corrected chi connectivity index (χ1v) is 8.93. The molecule has 3 fully saturated rings. The first kappa shape index (κ1) is 14.8. The molecule has 0 radical (unpaired) electrons. The van der Waals surface area contributed by atoms with Gasteiger partial charge in [-0.2, -0.15) is 0 Å². The highest BCUT2D eigenvalue weighted by Crippen LogP contribution is 2.38. The van der Waals surface area contributed by atoms with Crippen LogP contribution in [0.15, 0.2) is 0 Å². The maximum absolute atomic E-state index is 6.18. The van der Waals surface area contributed by atoms with E-state index in [-0.39, 0.29) is 5.60 Å². The Bertz CT molecular complexity index is 292. The van der Waals surface area contributed by atoms with Crippen LogP contribution in [-0.4, -0.2) is 48.8 Å². The summed E-state index contributed by atoms with van der Waals surface area (Å²) in [5, 5.41) is 3.82. The van der Waals surface area contributed by atoms with Crippen LogP contribution in [0.3, 0.4) is 0 Å². The van der Waals surface area contributed by atoms with Crippen LogP contribution in [0.4, 0.5) is 0 Å². The topological polar surface area (TPSA) is 24.5 Å². The van der Waals surface area contributed by atoms with Crippen molar-refractivity contribution in [1.29, 1.82) is 0 Å². The zero-order chi connectivity index (χ0) is 13.8. The van der Waals surface area contributed by atoms with Gasteiger partial charge in [0.05, 0.1) is 5.60 Å².